The summed E-state index contributed by atoms with van der Waals surface area (Å²) in [5.41, 5.74) is 7.35. The first kappa shape index (κ1) is 23.9. The summed E-state index contributed by atoms with van der Waals surface area (Å²) >= 11 is 0. The van der Waals surface area contributed by atoms with Crippen LogP contribution >= 0.6 is 0 Å². The summed E-state index contributed by atoms with van der Waals surface area (Å²) in [5, 5.41) is 17.2. The van der Waals surface area contributed by atoms with Crippen molar-refractivity contribution < 1.29 is 9.47 Å². The predicted octanol–water partition coefficient (Wildman–Crippen LogP) is 5.96. The predicted molar refractivity (Wildman–Crippen MR) is 145 cm³/mol. The second-order valence-corrected chi connectivity index (χ2v) is 10.6. The molecule has 2 aliphatic rings. The number of nitrogens with zero attached hydrogens (tertiary/aromatic N) is 4. The minimum Gasteiger partial charge on any atom is -0.487 e. The Morgan fingerprint density at radius 3 is 2.73 bits per heavy atom. The molecular formula is C30H35N5O2. The number of rotatable bonds is 5. The molecule has 4 heterocycles. The summed E-state index contributed by atoms with van der Waals surface area (Å²) in [4.78, 5) is 2.52. The number of aromatic amines is 1. The number of nitrogens with one attached hydrogen (secondary N) is 1. The molecule has 1 atom stereocenters. The first-order valence-electron chi connectivity index (χ1n) is 13.4. The van der Waals surface area contributed by atoms with Crippen LogP contribution in [0.1, 0.15) is 61.6 Å². The van der Waals surface area contributed by atoms with Crippen LogP contribution in [0.15, 0.2) is 42.6 Å². The van der Waals surface area contributed by atoms with Gasteiger partial charge in [0.25, 0.3) is 0 Å². The Labute approximate surface area is 218 Å². The van der Waals surface area contributed by atoms with E-state index < -0.39 is 0 Å². The van der Waals surface area contributed by atoms with E-state index in [0.717, 1.165) is 95.8 Å². The van der Waals surface area contributed by atoms with Crippen molar-refractivity contribution in [1.82, 2.24) is 25.3 Å². The molecule has 1 N–H and O–H groups in total. The van der Waals surface area contributed by atoms with Gasteiger partial charge in [-0.15, -0.1) is 0 Å². The second kappa shape index (κ2) is 9.45. The number of aromatic nitrogens is 4. The molecule has 4 aromatic rings. The first-order chi connectivity index (χ1) is 17.9. The summed E-state index contributed by atoms with van der Waals surface area (Å²) in [5.74, 6) is 1.84. The van der Waals surface area contributed by atoms with Gasteiger partial charge < -0.3 is 14.4 Å². The zero-order chi connectivity index (χ0) is 25.6. The molecule has 0 unspecified atom stereocenters. The molecule has 0 amide bonds. The van der Waals surface area contributed by atoms with Crippen molar-refractivity contribution in [2.45, 2.75) is 65.1 Å². The Morgan fingerprint density at radius 1 is 1.11 bits per heavy atom. The molecule has 2 aromatic heterocycles. The molecular weight excluding hydrogens is 462 g/mol. The Balaban J connectivity index is 1.25. The lowest BCUT2D eigenvalue weighted by Gasteiger charge is -2.44. The molecule has 7 heteroatoms. The standard InChI is InChI=1S/C30H35N5O2/c1-5-35-14-12-30(13-15-35)11-10-22-16-23(6-9-27(22)37-30)29-25-17-24(7-8-26(25)33-34-29)36-21(4)28-19(2)18-31-32-20(28)3/h6-9,16-18,21H,5,10-15H2,1-4H3,(H,33,34)/t21-/m1/s1. The van der Waals surface area contributed by atoms with Gasteiger partial charge in [0.2, 0.25) is 0 Å². The van der Waals surface area contributed by atoms with Crippen molar-refractivity contribution in [3.05, 3.63) is 65.0 Å². The van der Waals surface area contributed by atoms with Gasteiger partial charge in [-0.1, -0.05) is 6.92 Å². The zero-order valence-corrected chi connectivity index (χ0v) is 22.2. The van der Waals surface area contributed by atoms with Crippen molar-refractivity contribution in [1.29, 1.82) is 0 Å². The van der Waals surface area contributed by atoms with Gasteiger partial charge in [-0.3, -0.25) is 5.10 Å². The monoisotopic (exact) mass is 497 g/mol. The van der Waals surface area contributed by atoms with Gasteiger partial charge in [0.05, 0.1) is 17.4 Å². The minimum atomic E-state index is -0.138. The lowest BCUT2D eigenvalue weighted by molar-refractivity contribution is -0.0132. The maximum atomic E-state index is 6.65. The van der Waals surface area contributed by atoms with E-state index in [-0.39, 0.29) is 11.7 Å². The van der Waals surface area contributed by atoms with Crippen molar-refractivity contribution >= 4 is 10.9 Å². The van der Waals surface area contributed by atoms with Gasteiger partial charge >= 0.3 is 0 Å². The smallest absolute Gasteiger partial charge is 0.123 e. The van der Waals surface area contributed by atoms with Crippen molar-refractivity contribution in [3.8, 4) is 22.8 Å². The number of aryl methyl sites for hydroxylation is 3. The maximum Gasteiger partial charge on any atom is 0.123 e. The van der Waals surface area contributed by atoms with Crippen molar-refractivity contribution in [2.24, 2.45) is 0 Å². The average molecular weight is 498 g/mol. The number of H-pyrrole nitrogens is 1. The van der Waals surface area contributed by atoms with E-state index in [2.05, 4.69) is 63.4 Å². The zero-order valence-electron chi connectivity index (χ0n) is 22.2. The van der Waals surface area contributed by atoms with E-state index in [4.69, 9.17) is 9.47 Å². The largest absolute Gasteiger partial charge is 0.487 e. The van der Waals surface area contributed by atoms with Crippen LogP contribution in [-0.4, -0.2) is 50.5 Å². The Hall–Kier alpha value is -3.45. The van der Waals surface area contributed by atoms with E-state index in [1.165, 1.54) is 5.56 Å². The van der Waals surface area contributed by atoms with Crippen LogP contribution in [0.5, 0.6) is 11.5 Å². The van der Waals surface area contributed by atoms with Crippen LogP contribution < -0.4 is 9.47 Å². The van der Waals surface area contributed by atoms with Gasteiger partial charge in [-0.05, 0) is 101 Å². The number of ether oxygens (including phenoxy) is 2. The summed E-state index contributed by atoms with van der Waals surface area (Å²) in [7, 11) is 0. The van der Waals surface area contributed by atoms with E-state index >= 15 is 0 Å². The highest BCUT2D eigenvalue weighted by Crippen LogP contribution is 2.41. The molecule has 0 radical (unpaired) electrons. The van der Waals surface area contributed by atoms with E-state index in [1.54, 1.807) is 6.20 Å². The van der Waals surface area contributed by atoms with Gasteiger partial charge in [0.1, 0.15) is 28.9 Å². The normalized spacial score (nSPS) is 17.9. The van der Waals surface area contributed by atoms with E-state index in [1.807, 2.05) is 26.0 Å². The molecule has 6 rings (SSSR count). The van der Waals surface area contributed by atoms with Crippen molar-refractivity contribution in [3.63, 3.8) is 0 Å². The fourth-order valence-corrected chi connectivity index (χ4v) is 6.07. The molecule has 7 nitrogen and oxygen atoms in total. The van der Waals surface area contributed by atoms with Crippen molar-refractivity contribution in [2.75, 3.05) is 19.6 Å². The van der Waals surface area contributed by atoms with E-state index in [9.17, 15) is 0 Å². The van der Waals surface area contributed by atoms with Gasteiger partial charge in [0.15, 0.2) is 0 Å². The fraction of sp³-hybridized carbons (Fsp3) is 0.433. The molecule has 2 aromatic carbocycles. The topological polar surface area (TPSA) is 76.2 Å². The van der Waals surface area contributed by atoms with Crippen LogP contribution in [0.4, 0.5) is 0 Å². The molecule has 1 spiro atoms. The number of piperidine rings is 1. The highest BCUT2D eigenvalue weighted by molar-refractivity contribution is 5.94. The third-order valence-electron chi connectivity index (χ3n) is 8.25. The fourth-order valence-electron chi connectivity index (χ4n) is 6.07. The second-order valence-electron chi connectivity index (χ2n) is 10.6. The molecule has 37 heavy (non-hydrogen) atoms. The lowest BCUT2D eigenvalue weighted by atomic mass is 9.82. The number of fused-ring (bicyclic) bond motifs is 2. The minimum absolute atomic E-state index is 0.00317. The van der Waals surface area contributed by atoms with Crippen LogP contribution in [0.25, 0.3) is 22.2 Å². The molecule has 0 saturated carbocycles. The summed E-state index contributed by atoms with van der Waals surface area (Å²) in [6, 6.07) is 12.6. The van der Waals surface area contributed by atoms with Gasteiger partial charge in [0, 0.05) is 29.6 Å². The SMILES string of the molecule is CCN1CCC2(CCc3cc(-c4n[nH]c5ccc(O[C@H](C)c6c(C)cnnc6C)cc45)ccc3O2)CC1. The summed E-state index contributed by atoms with van der Waals surface area (Å²) in [6.45, 7) is 11.7. The highest BCUT2D eigenvalue weighted by Gasteiger charge is 2.39. The average Bonchev–Trinajstić information content (AvgIpc) is 3.32. The quantitative estimate of drug-likeness (QED) is 0.367. The first-order valence-corrected chi connectivity index (χ1v) is 13.4. The Morgan fingerprint density at radius 2 is 1.95 bits per heavy atom. The van der Waals surface area contributed by atoms with Crippen LogP contribution in [0.2, 0.25) is 0 Å². The molecule has 0 bridgehead atoms. The molecule has 1 fully saturated rings. The lowest BCUT2D eigenvalue weighted by Crippen LogP contribution is -2.49. The van der Waals surface area contributed by atoms with Crippen LogP contribution in [-0.2, 0) is 6.42 Å². The Kier molecular flexibility index (Phi) is 6.11. The molecule has 0 aliphatic carbocycles. The Bertz CT molecular complexity index is 1420. The molecule has 1 saturated heterocycles. The number of hydrogen-bond acceptors (Lipinski definition) is 6. The van der Waals surface area contributed by atoms with Gasteiger partial charge in [-0.2, -0.15) is 15.3 Å². The molecule has 2 aliphatic heterocycles. The third-order valence-corrected chi connectivity index (χ3v) is 8.25. The summed E-state index contributed by atoms with van der Waals surface area (Å²) in [6.07, 6.45) is 6.00. The van der Waals surface area contributed by atoms with E-state index in [0.29, 0.717) is 0 Å². The highest BCUT2D eigenvalue weighted by atomic mass is 16.5. The number of likely N-dealkylation sites (tertiary alicyclic amines) is 1. The number of hydrogen-bond donors (Lipinski definition) is 1. The molecule has 192 valence electrons. The third kappa shape index (κ3) is 4.46. The van der Waals surface area contributed by atoms with Crippen LogP contribution in [0.3, 0.4) is 0 Å². The number of benzene rings is 2. The van der Waals surface area contributed by atoms with Gasteiger partial charge in [-0.25, -0.2) is 0 Å². The van der Waals surface area contributed by atoms with Crippen LogP contribution in [0, 0.1) is 13.8 Å². The maximum absolute atomic E-state index is 6.65. The summed E-state index contributed by atoms with van der Waals surface area (Å²) < 4.78 is 13.0.